The molecule has 0 saturated heterocycles. The zero-order valence-corrected chi connectivity index (χ0v) is 14.4. The lowest BCUT2D eigenvalue weighted by Crippen LogP contribution is -2.43. The molecule has 1 unspecified atom stereocenters. The Bertz CT molecular complexity index is 761. The molecular weight excluding hydrogens is 330 g/mol. The maximum Gasteiger partial charge on any atom is 0.254 e. The Morgan fingerprint density at radius 2 is 2.12 bits per heavy atom. The predicted molar refractivity (Wildman–Crippen MR) is 92.4 cm³/mol. The van der Waals surface area contributed by atoms with Crippen molar-refractivity contribution in [2.75, 3.05) is 17.3 Å². The van der Waals surface area contributed by atoms with Crippen LogP contribution in [0.5, 0.6) is 0 Å². The molecule has 2 aromatic heterocycles. The highest BCUT2D eigenvalue weighted by atomic mass is 32.1. The minimum Gasteiger partial charge on any atom is -0.368 e. The smallest absolute Gasteiger partial charge is 0.254 e. The van der Waals surface area contributed by atoms with Crippen LogP contribution in [-0.2, 0) is 4.79 Å². The second-order valence-corrected chi connectivity index (χ2v) is 6.00. The topological polar surface area (TPSA) is 140 Å². The summed E-state index contributed by atoms with van der Waals surface area (Å²) in [6, 6.07) is 1.27. The van der Waals surface area contributed by atoms with Crippen LogP contribution >= 0.6 is 11.5 Å². The van der Waals surface area contributed by atoms with Crippen molar-refractivity contribution in [3.05, 3.63) is 23.5 Å². The van der Waals surface area contributed by atoms with Crippen LogP contribution in [0.3, 0.4) is 0 Å². The van der Waals surface area contributed by atoms with Gasteiger partial charge in [0.25, 0.3) is 5.91 Å². The Labute approximate surface area is 143 Å². The SMILES string of the molecule is CCC(C(N)=O)N(C)c1ncc(C(N)=O)c(Nc2cc(C)ns2)n1. The molecule has 2 heterocycles. The molecule has 0 aliphatic rings. The van der Waals surface area contributed by atoms with Crippen molar-refractivity contribution in [2.45, 2.75) is 26.3 Å². The molecule has 9 nitrogen and oxygen atoms in total. The van der Waals surface area contributed by atoms with Crippen molar-refractivity contribution >= 4 is 40.1 Å². The molecule has 0 saturated carbocycles. The van der Waals surface area contributed by atoms with Crippen molar-refractivity contribution in [3.63, 3.8) is 0 Å². The van der Waals surface area contributed by atoms with Gasteiger partial charge in [-0.1, -0.05) is 6.92 Å². The second kappa shape index (κ2) is 7.21. The average Bonchev–Trinajstić information content (AvgIpc) is 2.92. The van der Waals surface area contributed by atoms with Crippen LogP contribution in [-0.4, -0.2) is 39.2 Å². The molecule has 2 rings (SSSR count). The number of carbonyl (C=O) groups is 2. The summed E-state index contributed by atoms with van der Waals surface area (Å²) in [5, 5.41) is 3.73. The summed E-state index contributed by atoms with van der Waals surface area (Å²) >= 11 is 1.23. The number of hydrogen-bond acceptors (Lipinski definition) is 8. The van der Waals surface area contributed by atoms with Gasteiger partial charge in [0.2, 0.25) is 11.9 Å². The van der Waals surface area contributed by atoms with Crippen LogP contribution in [0.1, 0.15) is 29.4 Å². The molecule has 5 N–H and O–H groups in total. The second-order valence-electron chi connectivity index (χ2n) is 5.19. The summed E-state index contributed by atoms with van der Waals surface area (Å²) in [7, 11) is 1.67. The highest BCUT2D eigenvalue weighted by Gasteiger charge is 2.22. The number of nitrogens with two attached hydrogens (primary N) is 2. The number of nitrogens with one attached hydrogen (secondary N) is 1. The Morgan fingerprint density at radius 3 is 2.62 bits per heavy atom. The lowest BCUT2D eigenvalue weighted by atomic mass is 10.2. The lowest BCUT2D eigenvalue weighted by molar-refractivity contribution is -0.119. The standard InChI is InChI=1S/C14H19N7O2S/c1-4-9(12(16)23)21(3)14-17-6-8(11(15)22)13(19-14)18-10-5-7(2)20-24-10/h5-6,9H,4H2,1-3H3,(H2,15,22)(H2,16,23)(H,17,18,19). The molecule has 10 heteroatoms. The third-order valence-corrected chi connectivity index (χ3v) is 4.21. The summed E-state index contributed by atoms with van der Waals surface area (Å²) in [5.74, 6) is -0.623. The Hall–Kier alpha value is -2.75. The van der Waals surface area contributed by atoms with Gasteiger partial charge in [0.15, 0.2) is 0 Å². The molecule has 24 heavy (non-hydrogen) atoms. The fourth-order valence-electron chi connectivity index (χ4n) is 2.16. The van der Waals surface area contributed by atoms with Gasteiger partial charge in [-0.3, -0.25) is 9.59 Å². The van der Waals surface area contributed by atoms with Gasteiger partial charge >= 0.3 is 0 Å². The van der Waals surface area contributed by atoms with E-state index in [1.54, 1.807) is 11.9 Å². The maximum atomic E-state index is 11.6. The molecule has 0 aliphatic heterocycles. The average molecular weight is 349 g/mol. The molecular formula is C14H19N7O2S. The van der Waals surface area contributed by atoms with Crippen LogP contribution in [0.4, 0.5) is 16.8 Å². The van der Waals surface area contributed by atoms with Gasteiger partial charge in [0, 0.05) is 13.2 Å². The number of hydrogen-bond donors (Lipinski definition) is 3. The van der Waals surface area contributed by atoms with E-state index in [2.05, 4.69) is 19.7 Å². The molecule has 0 spiro atoms. The number of aryl methyl sites for hydroxylation is 1. The number of rotatable bonds is 7. The summed E-state index contributed by atoms with van der Waals surface area (Å²) in [6.45, 7) is 3.69. The van der Waals surface area contributed by atoms with Crippen LogP contribution < -0.4 is 21.7 Å². The summed E-state index contributed by atoms with van der Waals surface area (Å²) in [6.07, 6.45) is 1.83. The van der Waals surface area contributed by atoms with E-state index in [-0.39, 0.29) is 17.3 Å². The minimum absolute atomic E-state index is 0.144. The molecule has 0 aromatic carbocycles. The van der Waals surface area contributed by atoms with E-state index in [0.29, 0.717) is 11.4 Å². The fraction of sp³-hybridized carbons (Fsp3) is 0.357. The number of nitrogens with zero attached hydrogens (tertiary/aromatic N) is 4. The van der Waals surface area contributed by atoms with Gasteiger partial charge in [-0.25, -0.2) is 4.98 Å². The quantitative estimate of drug-likeness (QED) is 0.671. The highest BCUT2D eigenvalue weighted by molar-refractivity contribution is 7.10. The first kappa shape index (κ1) is 17.6. The van der Waals surface area contributed by atoms with E-state index in [9.17, 15) is 9.59 Å². The van der Waals surface area contributed by atoms with E-state index in [0.717, 1.165) is 5.69 Å². The van der Waals surface area contributed by atoms with Gasteiger partial charge in [-0.2, -0.15) is 9.36 Å². The van der Waals surface area contributed by atoms with Crippen molar-refractivity contribution < 1.29 is 9.59 Å². The fourth-order valence-corrected chi connectivity index (χ4v) is 2.82. The summed E-state index contributed by atoms with van der Waals surface area (Å²) < 4.78 is 4.16. The van der Waals surface area contributed by atoms with E-state index >= 15 is 0 Å². The van der Waals surface area contributed by atoms with Crippen molar-refractivity contribution in [1.82, 2.24) is 14.3 Å². The Balaban J connectivity index is 2.40. The minimum atomic E-state index is -0.658. The molecule has 1 atom stereocenters. The third-order valence-electron chi connectivity index (χ3n) is 3.41. The number of aromatic nitrogens is 3. The molecule has 128 valence electrons. The van der Waals surface area contributed by atoms with Crippen molar-refractivity contribution in [2.24, 2.45) is 11.5 Å². The number of likely N-dealkylation sites (N-methyl/N-ethyl adjacent to an activating group) is 1. The van der Waals surface area contributed by atoms with Crippen LogP contribution in [0.2, 0.25) is 0 Å². The molecule has 0 aliphatic carbocycles. The zero-order valence-electron chi connectivity index (χ0n) is 13.6. The number of amides is 2. The largest absolute Gasteiger partial charge is 0.368 e. The number of primary amides is 2. The predicted octanol–water partition coefficient (Wildman–Crippen LogP) is 0.784. The molecule has 0 fully saturated rings. The molecule has 2 aromatic rings. The zero-order chi connectivity index (χ0) is 17.9. The monoisotopic (exact) mass is 349 g/mol. The van der Waals surface area contributed by atoms with Crippen LogP contribution in [0, 0.1) is 6.92 Å². The molecule has 2 amide bonds. The van der Waals surface area contributed by atoms with E-state index in [1.807, 2.05) is 19.9 Å². The number of anilines is 3. The van der Waals surface area contributed by atoms with Gasteiger partial charge in [0.1, 0.15) is 22.4 Å². The first-order valence-electron chi connectivity index (χ1n) is 7.22. The summed E-state index contributed by atoms with van der Waals surface area (Å²) in [4.78, 5) is 33.1. The summed E-state index contributed by atoms with van der Waals surface area (Å²) in [5.41, 5.74) is 11.8. The number of carbonyl (C=O) groups excluding carboxylic acids is 2. The Kier molecular flexibility index (Phi) is 5.29. The van der Waals surface area contributed by atoms with Gasteiger partial charge in [-0.05, 0) is 30.9 Å². The lowest BCUT2D eigenvalue weighted by Gasteiger charge is -2.25. The van der Waals surface area contributed by atoms with Gasteiger partial charge < -0.3 is 21.7 Å². The van der Waals surface area contributed by atoms with Crippen molar-refractivity contribution in [3.8, 4) is 0 Å². The van der Waals surface area contributed by atoms with Gasteiger partial charge in [-0.15, -0.1) is 0 Å². The first-order chi connectivity index (χ1) is 11.3. The van der Waals surface area contributed by atoms with Crippen molar-refractivity contribution in [1.29, 1.82) is 0 Å². The first-order valence-corrected chi connectivity index (χ1v) is 8.00. The van der Waals surface area contributed by atoms with E-state index in [4.69, 9.17) is 11.5 Å². The van der Waals surface area contributed by atoms with Crippen LogP contribution in [0.15, 0.2) is 12.3 Å². The van der Waals surface area contributed by atoms with Crippen LogP contribution in [0.25, 0.3) is 0 Å². The highest BCUT2D eigenvalue weighted by Crippen LogP contribution is 2.24. The Morgan fingerprint density at radius 1 is 1.42 bits per heavy atom. The molecule has 0 radical (unpaired) electrons. The van der Waals surface area contributed by atoms with Gasteiger partial charge in [0.05, 0.1) is 5.69 Å². The third kappa shape index (κ3) is 3.77. The normalized spacial score (nSPS) is 11.8. The molecule has 0 bridgehead atoms. The van der Waals surface area contributed by atoms with E-state index in [1.165, 1.54) is 17.7 Å². The van der Waals surface area contributed by atoms with E-state index < -0.39 is 17.9 Å². The maximum absolute atomic E-state index is 11.6.